The average Bonchev–Trinajstić information content (AvgIpc) is 2.97. The van der Waals surface area contributed by atoms with Gasteiger partial charge >= 0.3 is 0 Å². The molecule has 0 atom stereocenters. The molecule has 1 amide bonds. The van der Waals surface area contributed by atoms with Crippen molar-refractivity contribution in [3.63, 3.8) is 0 Å². The fraction of sp³-hybridized carbons (Fsp3) is 0.533. The number of carbonyl (C=O) groups excluding carboxylic acids is 1. The second-order valence-electron chi connectivity index (χ2n) is 5.23. The second-order valence-corrected chi connectivity index (χ2v) is 5.23. The van der Waals surface area contributed by atoms with Crippen molar-refractivity contribution in [1.82, 2.24) is 4.90 Å². The molecule has 0 bridgehead atoms. The molecule has 1 aromatic carbocycles. The summed E-state index contributed by atoms with van der Waals surface area (Å²) in [5, 5.41) is 11.6. The summed E-state index contributed by atoms with van der Waals surface area (Å²) in [6, 6.07) is 2.12. The second kappa shape index (κ2) is 6.85. The number of anilines is 1. The van der Waals surface area contributed by atoms with Gasteiger partial charge in [-0.3, -0.25) is 4.79 Å². The van der Waals surface area contributed by atoms with Crippen LogP contribution in [0.4, 0.5) is 14.5 Å². The van der Waals surface area contributed by atoms with E-state index in [1.807, 2.05) is 0 Å². The van der Waals surface area contributed by atoms with Crippen molar-refractivity contribution in [3.8, 4) is 0 Å². The lowest BCUT2D eigenvalue weighted by atomic mass is 10.1. The minimum absolute atomic E-state index is 0.0238. The van der Waals surface area contributed by atoms with Crippen molar-refractivity contribution in [3.05, 3.63) is 29.3 Å². The zero-order valence-electron chi connectivity index (χ0n) is 12.0. The monoisotopic (exact) mass is 298 g/mol. The van der Waals surface area contributed by atoms with Gasteiger partial charge in [-0.05, 0) is 25.0 Å². The van der Waals surface area contributed by atoms with Gasteiger partial charge in [0.1, 0.15) is 17.3 Å². The molecule has 6 heteroatoms. The maximum atomic E-state index is 13.8. The number of aliphatic hydroxyl groups excluding tert-OH is 1. The van der Waals surface area contributed by atoms with Crippen LogP contribution in [0.15, 0.2) is 12.1 Å². The molecule has 0 radical (unpaired) electrons. The van der Waals surface area contributed by atoms with Crippen molar-refractivity contribution in [2.75, 3.05) is 25.5 Å². The lowest BCUT2D eigenvalue weighted by Gasteiger charge is -2.28. The number of hydrogen-bond donors (Lipinski definition) is 2. The Labute approximate surface area is 122 Å². The van der Waals surface area contributed by atoms with Gasteiger partial charge in [-0.1, -0.05) is 12.8 Å². The largest absolute Gasteiger partial charge is 0.395 e. The van der Waals surface area contributed by atoms with E-state index in [0.29, 0.717) is 0 Å². The van der Waals surface area contributed by atoms with E-state index in [4.69, 9.17) is 5.11 Å². The van der Waals surface area contributed by atoms with Gasteiger partial charge in [0, 0.05) is 25.2 Å². The molecule has 0 saturated heterocycles. The normalized spacial score (nSPS) is 15.2. The molecular formula is C15H20F2N2O2. The molecule has 0 spiro atoms. The first-order chi connectivity index (χ1) is 10.1. The molecule has 116 valence electrons. The Bertz CT molecular complexity index is 493. The molecular weight excluding hydrogens is 278 g/mol. The third kappa shape index (κ3) is 3.32. The first kappa shape index (κ1) is 15.7. The maximum absolute atomic E-state index is 13.8. The fourth-order valence-corrected chi connectivity index (χ4v) is 2.87. The molecule has 1 saturated carbocycles. The lowest BCUT2D eigenvalue weighted by molar-refractivity contribution is 0.0637. The molecule has 1 aliphatic rings. The smallest absolute Gasteiger partial charge is 0.254 e. The molecule has 1 fully saturated rings. The van der Waals surface area contributed by atoms with Crippen LogP contribution in [0.5, 0.6) is 0 Å². The Kier molecular flexibility index (Phi) is 5.12. The number of benzene rings is 1. The van der Waals surface area contributed by atoms with Gasteiger partial charge in [0.25, 0.3) is 5.91 Å². The average molecular weight is 298 g/mol. The number of rotatable bonds is 5. The van der Waals surface area contributed by atoms with Gasteiger partial charge in [-0.2, -0.15) is 0 Å². The highest BCUT2D eigenvalue weighted by molar-refractivity contribution is 5.95. The highest BCUT2D eigenvalue weighted by Crippen LogP contribution is 2.26. The topological polar surface area (TPSA) is 52.6 Å². The molecule has 1 aromatic rings. The third-order valence-corrected chi connectivity index (χ3v) is 3.91. The van der Waals surface area contributed by atoms with Crippen LogP contribution in [0, 0.1) is 11.6 Å². The van der Waals surface area contributed by atoms with Crippen molar-refractivity contribution in [1.29, 1.82) is 0 Å². The van der Waals surface area contributed by atoms with E-state index in [0.717, 1.165) is 37.8 Å². The summed E-state index contributed by atoms with van der Waals surface area (Å²) >= 11 is 0. The van der Waals surface area contributed by atoms with Gasteiger partial charge in [0.05, 0.1) is 6.61 Å². The van der Waals surface area contributed by atoms with Crippen LogP contribution in [0.1, 0.15) is 36.0 Å². The van der Waals surface area contributed by atoms with Crippen molar-refractivity contribution in [2.45, 2.75) is 31.7 Å². The van der Waals surface area contributed by atoms with E-state index in [9.17, 15) is 13.6 Å². The summed E-state index contributed by atoms with van der Waals surface area (Å²) in [5.41, 5.74) is -0.273. The Morgan fingerprint density at radius 2 is 1.90 bits per heavy atom. The number of nitrogens with zero attached hydrogens (tertiary/aromatic N) is 1. The molecule has 1 aliphatic carbocycles. The van der Waals surface area contributed by atoms with Crippen molar-refractivity contribution < 1.29 is 18.7 Å². The Balaban J connectivity index is 2.28. The highest BCUT2D eigenvalue weighted by Gasteiger charge is 2.28. The zero-order valence-corrected chi connectivity index (χ0v) is 12.0. The Hall–Kier alpha value is -1.69. The number of hydrogen-bond acceptors (Lipinski definition) is 3. The van der Waals surface area contributed by atoms with Crippen LogP contribution < -0.4 is 5.32 Å². The van der Waals surface area contributed by atoms with Crippen LogP contribution in [0.25, 0.3) is 0 Å². The van der Waals surface area contributed by atoms with Gasteiger partial charge in [-0.15, -0.1) is 0 Å². The van der Waals surface area contributed by atoms with E-state index >= 15 is 0 Å². The number of nitrogens with one attached hydrogen (secondary N) is 1. The van der Waals surface area contributed by atoms with Gasteiger partial charge < -0.3 is 15.3 Å². The van der Waals surface area contributed by atoms with Gasteiger partial charge in [0.2, 0.25) is 0 Å². The first-order valence-electron chi connectivity index (χ1n) is 7.17. The number of aliphatic hydroxyl groups is 1. The predicted molar refractivity (Wildman–Crippen MR) is 76.3 cm³/mol. The summed E-state index contributed by atoms with van der Waals surface area (Å²) in [5.74, 6) is -2.02. The van der Waals surface area contributed by atoms with Crippen molar-refractivity contribution >= 4 is 11.6 Å². The molecule has 2 rings (SSSR count). The maximum Gasteiger partial charge on any atom is 0.254 e. The van der Waals surface area contributed by atoms with E-state index in [1.165, 1.54) is 11.9 Å². The van der Waals surface area contributed by atoms with E-state index in [-0.39, 0.29) is 30.4 Å². The van der Waals surface area contributed by atoms with Crippen LogP contribution in [0.2, 0.25) is 0 Å². The molecule has 21 heavy (non-hydrogen) atoms. The molecule has 0 unspecified atom stereocenters. The molecule has 4 nitrogen and oxygen atoms in total. The quantitative estimate of drug-likeness (QED) is 0.877. The van der Waals surface area contributed by atoms with E-state index < -0.39 is 17.5 Å². The van der Waals surface area contributed by atoms with Crippen molar-refractivity contribution in [2.24, 2.45) is 0 Å². The van der Waals surface area contributed by atoms with Crippen LogP contribution in [0.3, 0.4) is 0 Å². The Morgan fingerprint density at radius 3 is 2.38 bits per heavy atom. The summed E-state index contributed by atoms with van der Waals surface area (Å²) in [6.45, 7) is 0.0162. The SMILES string of the molecule is CNc1c(F)cc(C(=O)N(CCO)C2CCCC2)cc1F. The molecule has 0 aliphatic heterocycles. The van der Waals surface area contributed by atoms with Crippen LogP contribution >= 0.6 is 0 Å². The van der Waals surface area contributed by atoms with Crippen LogP contribution in [-0.4, -0.2) is 42.2 Å². The van der Waals surface area contributed by atoms with E-state index in [2.05, 4.69) is 5.32 Å². The summed E-state index contributed by atoms with van der Waals surface area (Å²) in [4.78, 5) is 14.0. The molecule has 0 heterocycles. The molecule has 2 N–H and O–H groups in total. The highest BCUT2D eigenvalue weighted by atomic mass is 19.1. The zero-order chi connectivity index (χ0) is 15.4. The van der Waals surface area contributed by atoms with Gasteiger partial charge in [-0.25, -0.2) is 8.78 Å². The first-order valence-corrected chi connectivity index (χ1v) is 7.17. The minimum atomic E-state index is -0.795. The Morgan fingerprint density at radius 1 is 1.33 bits per heavy atom. The standard InChI is InChI=1S/C15H20F2N2O2/c1-18-14-12(16)8-10(9-13(14)17)15(21)19(6-7-20)11-4-2-3-5-11/h8-9,11,18,20H,2-7H2,1H3. The van der Waals surface area contributed by atoms with Gasteiger partial charge in [0.15, 0.2) is 0 Å². The summed E-state index contributed by atoms with van der Waals surface area (Å²) in [7, 11) is 1.42. The predicted octanol–water partition coefficient (Wildman–Crippen LogP) is 2.38. The summed E-state index contributed by atoms with van der Waals surface area (Å²) in [6.07, 6.45) is 3.79. The minimum Gasteiger partial charge on any atom is -0.395 e. The third-order valence-electron chi connectivity index (χ3n) is 3.91. The number of amides is 1. The summed E-state index contributed by atoms with van der Waals surface area (Å²) < 4.78 is 27.6. The molecule has 0 aromatic heterocycles. The van der Waals surface area contributed by atoms with Crippen LogP contribution in [-0.2, 0) is 0 Å². The van der Waals surface area contributed by atoms with E-state index in [1.54, 1.807) is 0 Å². The fourth-order valence-electron chi connectivity index (χ4n) is 2.87. The lowest BCUT2D eigenvalue weighted by Crippen LogP contribution is -2.40. The number of halogens is 2. The number of carbonyl (C=O) groups is 1.